The first-order chi connectivity index (χ1) is 15.3. The van der Waals surface area contributed by atoms with Crippen molar-refractivity contribution in [3.05, 3.63) is 42.0 Å². The molecule has 0 amide bonds. The molecule has 1 aliphatic rings. The highest BCUT2D eigenvalue weighted by Gasteiger charge is 2.23. The Hall–Kier alpha value is -3.77. The molecular formula is C23H22FN7O. The summed E-state index contributed by atoms with van der Waals surface area (Å²) in [6, 6.07) is 7.98. The predicted molar refractivity (Wildman–Crippen MR) is 120 cm³/mol. The van der Waals surface area contributed by atoms with Crippen molar-refractivity contribution < 1.29 is 9.50 Å². The highest BCUT2D eigenvalue weighted by Crippen LogP contribution is 2.37. The van der Waals surface area contributed by atoms with Gasteiger partial charge in [0.25, 0.3) is 0 Å². The van der Waals surface area contributed by atoms with Crippen LogP contribution in [0.1, 0.15) is 19.4 Å². The zero-order chi connectivity index (χ0) is 22.6. The Kier molecular flexibility index (Phi) is 4.68. The van der Waals surface area contributed by atoms with E-state index in [0.29, 0.717) is 34.1 Å². The number of aromatic hydroxyl groups is 1. The first kappa shape index (κ1) is 20.2. The summed E-state index contributed by atoms with van der Waals surface area (Å²) < 4.78 is 16.2. The fraction of sp³-hybridized carbons (Fsp3) is 0.304. The standard InChI is InChI=1S/C23H22FN7O/c1-12-9-31(10-13(2)27-12)16-6-17-14(7-25)5-19(28-23(17)26-8-16)18-4-15-11-30(3)29-21(15)20(24)22(18)32/h4-6,8,11-13,27,32H,9-10H2,1-3H3/t12-,13-/m1/s1. The molecule has 0 saturated carbocycles. The number of nitriles is 1. The molecule has 0 aliphatic carbocycles. The summed E-state index contributed by atoms with van der Waals surface area (Å²) in [6.45, 7) is 5.94. The zero-order valence-corrected chi connectivity index (χ0v) is 18.0. The maximum atomic E-state index is 14.7. The van der Waals surface area contributed by atoms with E-state index < -0.39 is 11.6 Å². The van der Waals surface area contributed by atoms with Crippen molar-refractivity contribution in [2.45, 2.75) is 25.9 Å². The van der Waals surface area contributed by atoms with Gasteiger partial charge in [0.1, 0.15) is 5.52 Å². The van der Waals surface area contributed by atoms with Gasteiger partial charge in [-0.1, -0.05) is 0 Å². The number of halogens is 1. The molecule has 2 N–H and O–H groups in total. The van der Waals surface area contributed by atoms with Crippen LogP contribution < -0.4 is 10.2 Å². The Labute approximate surface area is 183 Å². The Morgan fingerprint density at radius 1 is 1.22 bits per heavy atom. The van der Waals surface area contributed by atoms with Crippen molar-refractivity contribution in [3.8, 4) is 23.1 Å². The smallest absolute Gasteiger partial charge is 0.193 e. The lowest BCUT2D eigenvalue weighted by Gasteiger charge is -2.37. The van der Waals surface area contributed by atoms with Gasteiger partial charge in [-0.2, -0.15) is 10.4 Å². The molecule has 3 aromatic heterocycles. The van der Waals surface area contributed by atoms with E-state index in [1.807, 2.05) is 6.07 Å². The minimum Gasteiger partial charge on any atom is -0.504 e. The number of anilines is 1. The van der Waals surface area contributed by atoms with E-state index in [0.717, 1.165) is 18.8 Å². The van der Waals surface area contributed by atoms with Crippen LogP contribution in [0, 0.1) is 17.1 Å². The average molecular weight is 431 g/mol. The van der Waals surface area contributed by atoms with Crippen LogP contribution in [0.3, 0.4) is 0 Å². The quantitative estimate of drug-likeness (QED) is 0.503. The van der Waals surface area contributed by atoms with Crippen molar-refractivity contribution in [2.24, 2.45) is 7.05 Å². The molecule has 0 spiro atoms. The molecule has 5 rings (SSSR count). The summed E-state index contributed by atoms with van der Waals surface area (Å²) in [7, 11) is 1.68. The van der Waals surface area contributed by atoms with Crippen molar-refractivity contribution >= 4 is 27.6 Å². The van der Waals surface area contributed by atoms with E-state index in [2.05, 4.69) is 45.2 Å². The topological polar surface area (TPSA) is 103 Å². The predicted octanol–water partition coefficient (Wildman–Crippen LogP) is 3.09. The summed E-state index contributed by atoms with van der Waals surface area (Å²) in [5.41, 5.74) is 2.21. The van der Waals surface area contributed by atoms with Crippen LogP contribution >= 0.6 is 0 Å². The Balaban J connectivity index is 1.63. The van der Waals surface area contributed by atoms with Gasteiger partial charge in [-0.05, 0) is 32.0 Å². The molecule has 4 aromatic rings. The number of fused-ring (bicyclic) bond motifs is 2. The van der Waals surface area contributed by atoms with E-state index in [4.69, 9.17) is 0 Å². The van der Waals surface area contributed by atoms with Gasteiger partial charge in [0, 0.05) is 54.8 Å². The van der Waals surface area contributed by atoms with Gasteiger partial charge >= 0.3 is 0 Å². The second-order valence-electron chi connectivity index (χ2n) is 8.43. The van der Waals surface area contributed by atoms with Crippen LogP contribution in [-0.4, -0.2) is 50.0 Å². The number of nitrogens with zero attached hydrogens (tertiary/aromatic N) is 6. The summed E-state index contributed by atoms with van der Waals surface area (Å²) in [5.74, 6) is -1.36. The van der Waals surface area contributed by atoms with Crippen LogP contribution in [0.2, 0.25) is 0 Å². The number of hydrogen-bond donors (Lipinski definition) is 2. The van der Waals surface area contributed by atoms with E-state index in [1.54, 1.807) is 31.6 Å². The third kappa shape index (κ3) is 3.29. The van der Waals surface area contributed by atoms with Crippen molar-refractivity contribution in [1.29, 1.82) is 5.26 Å². The normalized spacial score (nSPS) is 18.9. The van der Waals surface area contributed by atoms with Gasteiger partial charge in [-0.3, -0.25) is 4.68 Å². The van der Waals surface area contributed by atoms with Crippen molar-refractivity contribution in [3.63, 3.8) is 0 Å². The van der Waals surface area contributed by atoms with Crippen LogP contribution in [-0.2, 0) is 7.05 Å². The molecular weight excluding hydrogens is 409 g/mol. The third-order valence-corrected chi connectivity index (χ3v) is 5.80. The highest BCUT2D eigenvalue weighted by atomic mass is 19.1. The molecule has 4 heterocycles. The fourth-order valence-electron chi connectivity index (χ4n) is 4.47. The van der Waals surface area contributed by atoms with Crippen LogP contribution in [0.5, 0.6) is 5.75 Å². The van der Waals surface area contributed by atoms with Crippen LogP contribution in [0.25, 0.3) is 33.2 Å². The molecule has 32 heavy (non-hydrogen) atoms. The SMILES string of the molecule is C[C@@H]1CN(c2cnc3nc(-c4cc5cn(C)nc5c(F)c4O)cc(C#N)c3c2)C[C@@H](C)N1. The molecule has 8 nitrogen and oxygen atoms in total. The summed E-state index contributed by atoms with van der Waals surface area (Å²) >= 11 is 0. The molecule has 162 valence electrons. The molecule has 0 radical (unpaired) electrons. The maximum Gasteiger partial charge on any atom is 0.193 e. The van der Waals surface area contributed by atoms with Crippen LogP contribution in [0.4, 0.5) is 10.1 Å². The number of pyridine rings is 2. The second kappa shape index (κ2) is 7.43. The van der Waals surface area contributed by atoms with E-state index in [-0.39, 0.29) is 16.8 Å². The lowest BCUT2D eigenvalue weighted by molar-refractivity contribution is 0.407. The fourth-order valence-corrected chi connectivity index (χ4v) is 4.47. The summed E-state index contributed by atoms with van der Waals surface area (Å²) in [6.07, 6.45) is 3.41. The first-order valence-electron chi connectivity index (χ1n) is 10.4. The number of rotatable bonds is 2. The molecule has 9 heteroatoms. The minimum atomic E-state index is -0.816. The summed E-state index contributed by atoms with van der Waals surface area (Å²) in [5, 5.41) is 29.0. The van der Waals surface area contributed by atoms with Gasteiger partial charge in [0.2, 0.25) is 0 Å². The Morgan fingerprint density at radius 3 is 2.69 bits per heavy atom. The van der Waals surface area contributed by atoms with E-state index >= 15 is 0 Å². The van der Waals surface area contributed by atoms with Gasteiger partial charge < -0.3 is 15.3 Å². The number of phenolic OH excluding ortho intramolecular Hbond substituents is 1. The number of aromatic nitrogens is 4. The molecule has 1 saturated heterocycles. The molecule has 0 unspecified atom stereocenters. The lowest BCUT2D eigenvalue weighted by Crippen LogP contribution is -2.54. The first-order valence-corrected chi connectivity index (χ1v) is 10.4. The molecule has 2 atom stereocenters. The minimum absolute atomic E-state index is 0.0808. The molecule has 1 aliphatic heterocycles. The monoisotopic (exact) mass is 431 g/mol. The molecule has 1 fully saturated rings. The van der Waals surface area contributed by atoms with E-state index in [1.165, 1.54) is 4.68 Å². The van der Waals surface area contributed by atoms with Crippen molar-refractivity contribution in [2.75, 3.05) is 18.0 Å². The zero-order valence-electron chi connectivity index (χ0n) is 18.0. The van der Waals surface area contributed by atoms with Gasteiger partial charge in [0.15, 0.2) is 17.2 Å². The summed E-state index contributed by atoms with van der Waals surface area (Å²) in [4.78, 5) is 11.3. The molecule has 1 aromatic carbocycles. The maximum absolute atomic E-state index is 14.7. The highest BCUT2D eigenvalue weighted by molar-refractivity contribution is 5.91. The Morgan fingerprint density at radius 2 is 1.97 bits per heavy atom. The van der Waals surface area contributed by atoms with E-state index in [9.17, 15) is 14.8 Å². The number of hydrogen-bond acceptors (Lipinski definition) is 7. The van der Waals surface area contributed by atoms with Crippen molar-refractivity contribution in [1.82, 2.24) is 25.1 Å². The number of aryl methyl sites for hydroxylation is 1. The Bertz CT molecular complexity index is 1400. The third-order valence-electron chi connectivity index (χ3n) is 5.80. The average Bonchev–Trinajstić information content (AvgIpc) is 3.15. The number of benzene rings is 1. The number of nitrogens with one attached hydrogen (secondary N) is 1. The second-order valence-corrected chi connectivity index (χ2v) is 8.43. The lowest BCUT2D eigenvalue weighted by atomic mass is 10.0. The molecule has 0 bridgehead atoms. The number of piperazine rings is 1. The van der Waals surface area contributed by atoms with Crippen LogP contribution in [0.15, 0.2) is 30.6 Å². The van der Waals surface area contributed by atoms with Gasteiger partial charge in [-0.25, -0.2) is 14.4 Å². The van der Waals surface area contributed by atoms with Gasteiger partial charge in [0.05, 0.1) is 29.2 Å². The number of phenols is 1. The largest absolute Gasteiger partial charge is 0.504 e. The van der Waals surface area contributed by atoms with Gasteiger partial charge in [-0.15, -0.1) is 0 Å².